The van der Waals surface area contributed by atoms with Crippen LogP contribution in [0, 0.1) is 0 Å². The van der Waals surface area contributed by atoms with Crippen LogP contribution < -0.4 is 4.90 Å². The van der Waals surface area contributed by atoms with Crippen LogP contribution in [0.4, 0.5) is 17.1 Å². The maximum atomic E-state index is 6.32. The highest BCUT2D eigenvalue weighted by molar-refractivity contribution is 6.24. The van der Waals surface area contributed by atoms with Gasteiger partial charge in [0.2, 0.25) is 0 Å². The minimum atomic E-state index is 0.901. The smallest absolute Gasteiger partial charge is 0.136 e. The summed E-state index contributed by atoms with van der Waals surface area (Å²) in [6, 6.07) is 72.4. The molecule has 11 rings (SSSR count). The van der Waals surface area contributed by atoms with Crippen LogP contribution >= 0.6 is 0 Å². The average Bonchev–Trinajstić information content (AvgIpc) is 3.60. The van der Waals surface area contributed by atoms with Gasteiger partial charge in [-0.1, -0.05) is 152 Å². The maximum Gasteiger partial charge on any atom is 0.136 e. The largest absolute Gasteiger partial charge is 0.456 e. The highest BCUT2D eigenvalue weighted by Crippen LogP contribution is 2.44. The van der Waals surface area contributed by atoms with E-state index in [4.69, 9.17) is 4.42 Å². The molecule has 0 saturated carbocycles. The Balaban J connectivity index is 1.12. The molecule has 0 amide bonds. The standard InChI is InChI=1S/C52H33NO/c1-2-11-34(12-3-1)39-15-8-17-42(31-39)53(48-21-10-16-40-32-50-47(33-46(40)48)45-19-6-7-22-49(45)54-50)41-29-27-36(28-30-41)44-20-9-14-37-25-26-38-24-23-35-13-4-5-18-43(35)52(38)51(37)44/h1-33H. The van der Waals surface area contributed by atoms with Gasteiger partial charge in [-0.2, -0.15) is 0 Å². The minimum Gasteiger partial charge on any atom is -0.456 e. The molecule has 0 aliphatic rings. The molecular weight excluding hydrogens is 655 g/mol. The lowest BCUT2D eigenvalue weighted by atomic mass is 9.91. The third-order valence-electron chi connectivity index (χ3n) is 11.0. The van der Waals surface area contributed by atoms with Crippen LogP contribution in [0.15, 0.2) is 205 Å². The summed E-state index contributed by atoms with van der Waals surface area (Å²) in [5.74, 6) is 0. The van der Waals surface area contributed by atoms with E-state index in [1.54, 1.807) is 0 Å². The molecule has 0 atom stereocenters. The fourth-order valence-corrected chi connectivity index (χ4v) is 8.46. The monoisotopic (exact) mass is 687 g/mol. The molecule has 0 N–H and O–H groups in total. The number of fused-ring (bicyclic) bond motifs is 9. The van der Waals surface area contributed by atoms with Crippen molar-refractivity contribution in [2.24, 2.45) is 0 Å². The number of rotatable bonds is 5. The van der Waals surface area contributed by atoms with Gasteiger partial charge in [-0.15, -0.1) is 0 Å². The zero-order valence-electron chi connectivity index (χ0n) is 29.4. The molecule has 2 heteroatoms. The van der Waals surface area contributed by atoms with Gasteiger partial charge in [-0.05, 0) is 108 Å². The number of benzene rings is 10. The van der Waals surface area contributed by atoms with E-state index in [1.165, 1.54) is 54.6 Å². The fourth-order valence-electron chi connectivity index (χ4n) is 8.46. The highest BCUT2D eigenvalue weighted by Gasteiger charge is 2.19. The van der Waals surface area contributed by atoms with E-state index in [2.05, 4.69) is 193 Å². The molecule has 1 heterocycles. The summed E-state index contributed by atoms with van der Waals surface area (Å²) < 4.78 is 6.32. The van der Waals surface area contributed by atoms with Gasteiger partial charge >= 0.3 is 0 Å². The summed E-state index contributed by atoms with van der Waals surface area (Å²) in [4.78, 5) is 2.40. The molecular formula is C52H33NO. The van der Waals surface area contributed by atoms with E-state index in [1.807, 2.05) is 12.1 Å². The molecule has 54 heavy (non-hydrogen) atoms. The Kier molecular flexibility index (Phi) is 6.90. The van der Waals surface area contributed by atoms with Crippen LogP contribution in [-0.2, 0) is 0 Å². The predicted molar refractivity (Wildman–Crippen MR) is 229 cm³/mol. The molecule has 0 spiro atoms. The third kappa shape index (κ3) is 4.88. The van der Waals surface area contributed by atoms with Crippen LogP contribution in [0.5, 0.6) is 0 Å². The Morgan fingerprint density at radius 2 is 0.981 bits per heavy atom. The number of nitrogens with zero attached hydrogens (tertiary/aromatic N) is 1. The molecule has 0 aliphatic carbocycles. The first kappa shape index (κ1) is 30.5. The van der Waals surface area contributed by atoms with Crippen LogP contribution in [0.3, 0.4) is 0 Å². The van der Waals surface area contributed by atoms with Crippen LogP contribution in [-0.4, -0.2) is 0 Å². The maximum absolute atomic E-state index is 6.32. The first-order valence-corrected chi connectivity index (χ1v) is 18.5. The summed E-state index contributed by atoms with van der Waals surface area (Å²) in [6.45, 7) is 0. The van der Waals surface area contributed by atoms with Crippen molar-refractivity contribution in [2.75, 3.05) is 4.90 Å². The van der Waals surface area contributed by atoms with Crippen molar-refractivity contribution in [3.63, 3.8) is 0 Å². The van der Waals surface area contributed by atoms with E-state index in [0.717, 1.165) is 49.8 Å². The lowest BCUT2D eigenvalue weighted by Gasteiger charge is -2.27. The van der Waals surface area contributed by atoms with Crippen LogP contribution in [0.1, 0.15) is 0 Å². The molecule has 2 nitrogen and oxygen atoms in total. The van der Waals surface area contributed by atoms with Gasteiger partial charge in [0.25, 0.3) is 0 Å². The molecule has 0 unspecified atom stereocenters. The number of furan rings is 1. The summed E-state index contributed by atoms with van der Waals surface area (Å²) in [5, 5.41) is 12.2. The molecule has 0 radical (unpaired) electrons. The van der Waals surface area contributed by atoms with E-state index in [0.29, 0.717) is 0 Å². The van der Waals surface area contributed by atoms with Gasteiger partial charge in [0, 0.05) is 27.5 Å². The lowest BCUT2D eigenvalue weighted by Crippen LogP contribution is -2.10. The van der Waals surface area contributed by atoms with E-state index in [9.17, 15) is 0 Å². The molecule has 0 fully saturated rings. The number of hydrogen-bond acceptors (Lipinski definition) is 2. The first-order chi connectivity index (χ1) is 26.8. The Morgan fingerprint density at radius 1 is 0.315 bits per heavy atom. The lowest BCUT2D eigenvalue weighted by molar-refractivity contribution is 0.669. The topological polar surface area (TPSA) is 16.4 Å². The van der Waals surface area contributed by atoms with Crippen molar-refractivity contribution in [3.05, 3.63) is 200 Å². The average molecular weight is 688 g/mol. The fraction of sp³-hybridized carbons (Fsp3) is 0. The van der Waals surface area contributed by atoms with Crippen molar-refractivity contribution in [1.82, 2.24) is 0 Å². The Hall–Kier alpha value is -7.16. The van der Waals surface area contributed by atoms with Gasteiger partial charge < -0.3 is 9.32 Å². The van der Waals surface area contributed by atoms with Crippen LogP contribution in [0.25, 0.3) is 87.3 Å². The van der Waals surface area contributed by atoms with E-state index < -0.39 is 0 Å². The molecule has 10 aromatic carbocycles. The number of anilines is 3. The Labute approximate surface area is 312 Å². The predicted octanol–water partition coefficient (Wildman–Crippen LogP) is 15.0. The zero-order chi connectivity index (χ0) is 35.6. The quantitative estimate of drug-likeness (QED) is 0.168. The van der Waals surface area contributed by atoms with Crippen molar-refractivity contribution >= 4 is 82.1 Å². The summed E-state index contributed by atoms with van der Waals surface area (Å²) in [7, 11) is 0. The highest BCUT2D eigenvalue weighted by atomic mass is 16.3. The van der Waals surface area contributed by atoms with Gasteiger partial charge in [0.1, 0.15) is 11.2 Å². The molecule has 0 saturated heterocycles. The van der Waals surface area contributed by atoms with Gasteiger partial charge in [0.15, 0.2) is 0 Å². The van der Waals surface area contributed by atoms with Crippen molar-refractivity contribution < 1.29 is 4.42 Å². The van der Waals surface area contributed by atoms with Crippen molar-refractivity contribution in [3.8, 4) is 22.3 Å². The molecule has 252 valence electrons. The molecule has 0 bridgehead atoms. The normalized spacial score (nSPS) is 11.7. The SMILES string of the molecule is c1ccc(-c2cccc(N(c3ccc(-c4cccc5ccc6ccc7ccccc7c6c45)cc3)c3cccc4cc5oc6ccccc6c5cc34)c2)cc1. The second kappa shape index (κ2) is 12.2. The summed E-state index contributed by atoms with van der Waals surface area (Å²) in [6.07, 6.45) is 0. The Bertz CT molecular complexity index is 3210. The third-order valence-corrected chi connectivity index (χ3v) is 11.0. The minimum absolute atomic E-state index is 0.901. The second-order valence-corrected chi connectivity index (χ2v) is 14.1. The Morgan fingerprint density at radius 3 is 1.85 bits per heavy atom. The summed E-state index contributed by atoms with van der Waals surface area (Å²) >= 11 is 0. The van der Waals surface area contributed by atoms with Crippen molar-refractivity contribution in [1.29, 1.82) is 0 Å². The van der Waals surface area contributed by atoms with Crippen LogP contribution in [0.2, 0.25) is 0 Å². The van der Waals surface area contributed by atoms with Crippen molar-refractivity contribution in [2.45, 2.75) is 0 Å². The first-order valence-electron chi connectivity index (χ1n) is 18.5. The van der Waals surface area contributed by atoms with Gasteiger partial charge in [0.05, 0.1) is 5.69 Å². The number of para-hydroxylation sites is 1. The number of hydrogen-bond donors (Lipinski definition) is 0. The molecule has 11 aromatic rings. The van der Waals surface area contributed by atoms with Gasteiger partial charge in [-0.25, -0.2) is 0 Å². The summed E-state index contributed by atoms with van der Waals surface area (Å²) in [5.41, 5.74) is 9.88. The second-order valence-electron chi connectivity index (χ2n) is 14.1. The zero-order valence-corrected chi connectivity index (χ0v) is 29.4. The van der Waals surface area contributed by atoms with Gasteiger partial charge in [-0.3, -0.25) is 0 Å². The molecule has 0 aliphatic heterocycles. The molecule has 1 aromatic heterocycles. The van der Waals surface area contributed by atoms with E-state index in [-0.39, 0.29) is 0 Å². The van der Waals surface area contributed by atoms with E-state index >= 15 is 0 Å².